The number of hydrogen-bond acceptors (Lipinski definition) is 4. The van der Waals surface area contributed by atoms with Crippen LogP contribution in [0.3, 0.4) is 0 Å². The second-order valence-corrected chi connectivity index (χ2v) is 10.6. The van der Waals surface area contributed by atoms with Gasteiger partial charge in [0.2, 0.25) is 0 Å². The van der Waals surface area contributed by atoms with Crippen molar-refractivity contribution in [1.29, 1.82) is 0 Å². The molecule has 4 aromatic carbocycles. The van der Waals surface area contributed by atoms with Crippen LogP contribution in [0.4, 0.5) is 10.5 Å². The fourth-order valence-electron chi connectivity index (χ4n) is 4.04. The number of amides is 4. The van der Waals surface area contributed by atoms with Crippen LogP contribution in [0.1, 0.15) is 16.7 Å². The number of imide groups is 2. The Hall–Kier alpha value is -3.50. The van der Waals surface area contributed by atoms with Crippen molar-refractivity contribution < 1.29 is 19.1 Å². The average Bonchev–Trinajstić information content (AvgIpc) is 2.87. The number of carbonyl (C=O) groups is 3. The largest absolute Gasteiger partial charge is 0.487 e. The Morgan fingerprint density at radius 2 is 1.68 bits per heavy atom. The van der Waals surface area contributed by atoms with E-state index < -0.39 is 17.8 Å². The summed E-state index contributed by atoms with van der Waals surface area (Å²) in [5, 5.41) is 4.57. The minimum absolute atomic E-state index is 0.132. The molecule has 184 valence electrons. The predicted molar refractivity (Wildman–Crippen MR) is 155 cm³/mol. The van der Waals surface area contributed by atoms with Crippen molar-refractivity contribution in [2.45, 2.75) is 13.5 Å². The summed E-state index contributed by atoms with van der Waals surface area (Å²) < 4.78 is 7.60. The second kappa shape index (κ2) is 10.5. The maximum atomic E-state index is 13.2. The SMILES string of the molecule is Cc1ccc(N2C(=O)NC(=O)/C(=C\c3cc(Br)c(OCc4ccc5ccccc5c4)c(I)c3)C2=O)cc1. The van der Waals surface area contributed by atoms with E-state index in [9.17, 15) is 14.4 Å². The highest BCUT2D eigenvalue weighted by atomic mass is 127. The van der Waals surface area contributed by atoms with Crippen molar-refractivity contribution in [2.75, 3.05) is 4.90 Å². The van der Waals surface area contributed by atoms with Crippen molar-refractivity contribution in [2.24, 2.45) is 0 Å². The number of nitrogens with zero attached hydrogens (tertiary/aromatic N) is 1. The van der Waals surface area contributed by atoms with E-state index >= 15 is 0 Å². The van der Waals surface area contributed by atoms with E-state index in [1.165, 1.54) is 11.5 Å². The molecule has 1 aliphatic rings. The zero-order valence-electron chi connectivity index (χ0n) is 19.6. The van der Waals surface area contributed by atoms with E-state index in [1.807, 2.05) is 31.2 Å². The molecule has 0 aromatic heterocycles. The number of carbonyl (C=O) groups excluding carboxylic acids is 3. The van der Waals surface area contributed by atoms with E-state index in [4.69, 9.17) is 4.74 Å². The summed E-state index contributed by atoms with van der Waals surface area (Å²) in [6.07, 6.45) is 1.48. The van der Waals surface area contributed by atoms with Crippen molar-refractivity contribution in [1.82, 2.24) is 5.32 Å². The van der Waals surface area contributed by atoms with Gasteiger partial charge in [-0.25, -0.2) is 9.69 Å². The summed E-state index contributed by atoms with van der Waals surface area (Å²) in [6, 6.07) is 24.1. The number of nitrogens with one attached hydrogen (secondary N) is 1. The standard InChI is InChI=1S/C29H20BrIN2O4/c1-17-6-10-22(11-7-17)33-28(35)23(27(34)32-29(33)36)13-19-14-24(30)26(25(31)15-19)37-16-18-8-9-20-4-2-3-5-21(20)12-18/h2-15H,16H2,1H3,(H,32,34,36)/b23-13+. The number of ether oxygens (including phenoxy) is 1. The number of hydrogen-bond donors (Lipinski definition) is 1. The van der Waals surface area contributed by atoms with Gasteiger partial charge in [-0.1, -0.05) is 54.1 Å². The molecule has 5 rings (SSSR count). The summed E-state index contributed by atoms with van der Waals surface area (Å²) in [6.45, 7) is 2.29. The fraction of sp³-hybridized carbons (Fsp3) is 0.0690. The number of urea groups is 1. The number of rotatable bonds is 5. The molecule has 37 heavy (non-hydrogen) atoms. The first-order chi connectivity index (χ1) is 17.8. The van der Waals surface area contributed by atoms with E-state index in [0.29, 0.717) is 28.1 Å². The number of aryl methyl sites for hydroxylation is 1. The number of fused-ring (bicyclic) bond motifs is 1. The van der Waals surface area contributed by atoms with E-state index in [0.717, 1.165) is 25.0 Å². The first kappa shape index (κ1) is 25.2. The molecule has 1 N–H and O–H groups in total. The zero-order valence-corrected chi connectivity index (χ0v) is 23.4. The lowest BCUT2D eigenvalue weighted by molar-refractivity contribution is -0.122. The number of barbiturate groups is 1. The van der Waals surface area contributed by atoms with Crippen molar-refractivity contribution in [3.63, 3.8) is 0 Å². The zero-order chi connectivity index (χ0) is 26.1. The van der Waals surface area contributed by atoms with Crippen molar-refractivity contribution >= 4 is 78.9 Å². The molecule has 8 heteroatoms. The minimum atomic E-state index is -0.774. The third kappa shape index (κ3) is 5.30. The Balaban J connectivity index is 1.39. The lowest BCUT2D eigenvalue weighted by Gasteiger charge is -2.26. The smallest absolute Gasteiger partial charge is 0.335 e. The molecule has 4 aromatic rings. The van der Waals surface area contributed by atoms with Crippen LogP contribution in [0.15, 0.2) is 88.9 Å². The molecule has 0 bridgehead atoms. The van der Waals surface area contributed by atoms with Gasteiger partial charge in [0, 0.05) is 0 Å². The molecule has 4 amide bonds. The summed E-state index contributed by atoms with van der Waals surface area (Å²) in [4.78, 5) is 39.1. The van der Waals surface area contributed by atoms with Gasteiger partial charge in [0.05, 0.1) is 13.7 Å². The summed E-state index contributed by atoms with van der Waals surface area (Å²) >= 11 is 5.72. The van der Waals surface area contributed by atoms with Gasteiger partial charge in [0.25, 0.3) is 11.8 Å². The van der Waals surface area contributed by atoms with Crippen LogP contribution < -0.4 is 15.0 Å². The van der Waals surface area contributed by atoms with E-state index in [2.05, 4.69) is 68.1 Å². The fourth-order valence-corrected chi connectivity index (χ4v) is 5.81. The van der Waals surface area contributed by atoms with Gasteiger partial charge < -0.3 is 4.74 Å². The highest BCUT2D eigenvalue weighted by Gasteiger charge is 2.36. The first-order valence-electron chi connectivity index (χ1n) is 11.4. The third-order valence-electron chi connectivity index (χ3n) is 5.92. The highest BCUT2D eigenvalue weighted by molar-refractivity contribution is 14.1. The van der Waals surface area contributed by atoms with Crippen LogP contribution in [0.2, 0.25) is 0 Å². The lowest BCUT2D eigenvalue weighted by Crippen LogP contribution is -2.54. The topological polar surface area (TPSA) is 75.7 Å². The number of benzene rings is 4. The van der Waals surface area contributed by atoms with Gasteiger partial charge in [-0.05, 0) is 104 Å². The molecule has 6 nitrogen and oxygen atoms in total. The van der Waals surface area contributed by atoms with Crippen molar-refractivity contribution in [3.8, 4) is 5.75 Å². The Kier molecular flexibility index (Phi) is 7.12. The van der Waals surface area contributed by atoms with Gasteiger partial charge in [-0.3, -0.25) is 14.9 Å². The van der Waals surface area contributed by atoms with Gasteiger partial charge in [-0.2, -0.15) is 0 Å². The van der Waals surface area contributed by atoms with Crippen LogP contribution in [0, 0.1) is 10.5 Å². The molecular formula is C29H20BrIN2O4. The predicted octanol–water partition coefficient (Wildman–Crippen LogP) is 6.76. The number of halogens is 2. The Morgan fingerprint density at radius 1 is 0.946 bits per heavy atom. The third-order valence-corrected chi connectivity index (χ3v) is 7.31. The molecular weight excluding hydrogens is 647 g/mol. The van der Waals surface area contributed by atoms with Crippen LogP contribution in [-0.2, 0) is 16.2 Å². The summed E-state index contributed by atoms with van der Waals surface area (Å²) in [7, 11) is 0. The molecule has 0 radical (unpaired) electrons. The van der Waals surface area contributed by atoms with E-state index in [1.54, 1.807) is 30.3 Å². The quantitative estimate of drug-likeness (QED) is 0.145. The Bertz CT molecular complexity index is 1570. The highest BCUT2D eigenvalue weighted by Crippen LogP contribution is 2.34. The van der Waals surface area contributed by atoms with E-state index in [-0.39, 0.29) is 5.57 Å². The first-order valence-corrected chi connectivity index (χ1v) is 13.2. The molecule has 0 aliphatic carbocycles. The van der Waals surface area contributed by atoms with Crippen LogP contribution in [-0.4, -0.2) is 17.8 Å². The Morgan fingerprint density at radius 3 is 2.41 bits per heavy atom. The number of anilines is 1. The molecule has 0 unspecified atom stereocenters. The molecule has 1 fully saturated rings. The van der Waals surface area contributed by atoms with Crippen LogP contribution in [0.5, 0.6) is 5.75 Å². The Labute approximate surface area is 235 Å². The molecule has 0 spiro atoms. The summed E-state index contributed by atoms with van der Waals surface area (Å²) in [5.41, 5.74) is 2.90. The monoisotopic (exact) mass is 666 g/mol. The van der Waals surface area contributed by atoms with Gasteiger partial charge >= 0.3 is 6.03 Å². The average molecular weight is 667 g/mol. The molecule has 1 heterocycles. The minimum Gasteiger partial charge on any atom is -0.487 e. The summed E-state index contributed by atoms with van der Waals surface area (Å²) in [5.74, 6) is -0.756. The van der Waals surface area contributed by atoms with Crippen molar-refractivity contribution in [3.05, 3.63) is 109 Å². The van der Waals surface area contributed by atoms with Crippen LogP contribution >= 0.6 is 38.5 Å². The molecule has 1 aliphatic heterocycles. The second-order valence-electron chi connectivity index (χ2n) is 8.58. The normalized spacial score (nSPS) is 14.8. The molecule has 0 atom stereocenters. The van der Waals surface area contributed by atoms with Gasteiger partial charge in [0.15, 0.2) is 0 Å². The van der Waals surface area contributed by atoms with Gasteiger partial charge in [-0.15, -0.1) is 0 Å². The lowest BCUT2D eigenvalue weighted by atomic mass is 10.1. The van der Waals surface area contributed by atoms with Crippen LogP contribution in [0.25, 0.3) is 16.8 Å². The maximum Gasteiger partial charge on any atom is 0.335 e. The maximum absolute atomic E-state index is 13.2. The molecule has 0 saturated carbocycles. The molecule has 1 saturated heterocycles. The van der Waals surface area contributed by atoms with Gasteiger partial charge in [0.1, 0.15) is 17.9 Å².